The van der Waals surface area contributed by atoms with E-state index in [-0.39, 0.29) is 11.5 Å². The molecule has 2 aromatic carbocycles. The lowest BCUT2D eigenvalue weighted by molar-refractivity contribution is -0.137. The van der Waals surface area contributed by atoms with E-state index in [9.17, 15) is 22.8 Å². The van der Waals surface area contributed by atoms with Crippen LogP contribution in [-0.4, -0.2) is 60.0 Å². The molecule has 250 valence electrons. The van der Waals surface area contributed by atoms with Gasteiger partial charge in [-0.3, -0.25) is 14.5 Å². The van der Waals surface area contributed by atoms with Gasteiger partial charge in [0.15, 0.2) is 0 Å². The summed E-state index contributed by atoms with van der Waals surface area (Å²) in [6.45, 7) is 5.31. The fourth-order valence-corrected chi connectivity index (χ4v) is 8.43. The van der Waals surface area contributed by atoms with E-state index in [0.29, 0.717) is 28.6 Å². The molecule has 12 heteroatoms. The van der Waals surface area contributed by atoms with Gasteiger partial charge in [-0.05, 0) is 119 Å². The van der Waals surface area contributed by atoms with E-state index in [2.05, 4.69) is 25.6 Å². The number of nitrogens with one attached hydrogen (secondary N) is 2. The number of carbonyl (C=O) groups excluding carboxylic acids is 2. The molecule has 0 unspecified atom stereocenters. The fourth-order valence-electron chi connectivity index (χ4n) is 6.93. The molecule has 2 saturated heterocycles. The largest absolute Gasteiger partial charge is 0.417 e. The first-order chi connectivity index (χ1) is 22.7. The highest BCUT2D eigenvalue weighted by Crippen LogP contribution is 2.39. The van der Waals surface area contributed by atoms with E-state index < -0.39 is 22.7 Å². The quantitative estimate of drug-likeness (QED) is 0.188. The maximum absolute atomic E-state index is 13.5. The van der Waals surface area contributed by atoms with Crippen molar-refractivity contribution < 1.29 is 22.8 Å². The lowest BCUT2D eigenvalue weighted by atomic mass is 9.95. The summed E-state index contributed by atoms with van der Waals surface area (Å²) in [4.78, 5) is 33.1. The number of aryl methyl sites for hydroxylation is 1. The third kappa shape index (κ3) is 8.25. The number of fused-ring (bicyclic) bond motifs is 1. The van der Waals surface area contributed by atoms with Gasteiger partial charge >= 0.3 is 6.18 Å². The number of hydrogen-bond donors (Lipinski definition) is 2. The molecule has 0 saturated carbocycles. The summed E-state index contributed by atoms with van der Waals surface area (Å²) in [5.74, 6) is -0.824. The SMILES string of the molecule is O=C(Nc1sc2c(c1C(=O)NN=Cc1ccc(Cl)c(C(F)(F)F)c1)CCCC2)c1cccc(CN2CCC(N3CCCCC3)CC2)c1. The third-order valence-corrected chi connectivity index (χ3v) is 10.9. The molecule has 0 atom stereocenters. The number of alkyl halides is 3. The van der Waals surface area contributed by atoms with Crippen molar-refractivity contribution in [2.75, 3.05) is 31.5 Å². The number of amides is 2. The molecule has 2 N–H and O–H groups in total. The van der Waals surface area contributed by atoms with E-state index in [1.165, 1.54) is 62.6 Å². The highest BCUT2D eigenvalue weighted by atomic mass is 35.5. The first-order valence-electron chi connectivity index (χ1n) is 16.4. The van der Waals surface area contributed by atoms with Crippen molar-refractivity contribution in [3.63, 3.8) is 0 Å². The fraction of sp³-hybridized carbons (Fsp3) is 0.457. The van der Waals surface area contributed by atoms with E-state index in [1.807, 2.05) is 18.2 Å². The highest BCUT2D eigenvalue weighted by Gasteiger charge is 2.33. The van der Waals surface area contributed by atoms with Crippen LogP contribution in [0.3, 0.4) is 0 Å². The Hall–Kier alpha value is -3.25. The minimum absolute atomic E-state index is 0.133. The normalized spacial score (nSPS) is 18.3. The van der Waals surface area contributed by atoms with Gasteiger partial charge in [-0.2, -0.15) is 18.3 Å². The standard InChI is InChI=1S/C35H39ClF3N5O2S/c36-29-12-11-23(20-28(29)35(37,38)39)21-40-42-33(46)31-27-9-2-3-10-30(27)47-34(31)41-32(45)25-8-6-7-24(19-25)22-43-17-13-26(14-18-43)44-15-4-1-5-16-44/h6-8,11-12,19-21,26H,1-5,9-10,13-18,22H2,(H,41,45)(H,42,46). The van der Waals surface area contributed by atoms with Crippen LogP contribution >= 0.6 is 22.9 Å². The monoisotopic (exact) mass is 685 g/mol. The van der Waals surface area contributed by atoms with Crippen molar-refractivity contribution in [2.24, 2.45) is 5.10 Å². The van der Waals surface area contributed by atoms with Gasteiger partial charge in [0, 0.05) is 23.0 Å². The Kier molecular flexibility index (Phi) is 10.7. The maximum atomic E-state index is 13.5. The predicted octanol–water partition coefficient (Wildman–Crippen LogP) is 7.77. The molecule has 0 spiro atoms. The first-order valence-corrected chi connectivity index (χ1v) is 17.6. The average Bonchev–Trinajstić information content (AvgIpc) is 3.43. The molecule has 0 radical (unpaired) electrons. The number of rotatable bonds is 8. The predicted molar refractivity (Wildman–Crippen MR) is 181 cm³/mol. The molecule has 2 fully saturated rings. The molecule has 47 heavy (non-hydrogen) atoms. The molecule has 6 rings (SSSR count). The van der Waals surface area contributed by atoms with E-state index in [0.717, 1.165) is 73.2 Å². The Morgan fingerprint density at radius 3 is 2.49 bits per heavy atom. The van der Waals surface area contributed by atoms with Gasteiger partial charge in [0.25, 0.3) is 11.8 Å². The van der Waals surface area contributed by atoms with Crippen molar-refractivity contribution >= 4 is 46.0 Å². The lowest BCUT2D eigenvalue weighted by Crippen LogP contribution is -2.46. The second-order valence-electron chi connectivity index (χ2n) is 12.6. The summed E-state index contributed by atoms with van der Waals surface area (Å²) in [6.07, 6.45) is 6.26. The van der Waals surface area contributed by atoms with Gasteiger partial charge in [0.05, 0.1) is 22.4 Å². The van der Waals surface area contributed by atoms with Crippen LogP contribution in [0.2, 0.25) is 5.02 Å². The number of benzene rings is 2. The number of piperidine rings is 2. The zero-order valence-corrected chi connectivity index (χ0v) is 27.7. The molecule has 3 aliphatic rings. The maximum Gasteiger partial charge on any atom is 0.417 e. The Bertz CT molecular complexity index is 1630. The van der Waals surface area contributed by atoms with Crippen LogP contribution in [-0.2, 0) is 25.6 Å². The van der Waals surface area contributed by atoms with Crippen LogP contribution in [0.4, 0.5) is 18.2 Å². The summed E-state index contributed by atoms with van der Waals surface area (Å²) >= 11 is 7.11. The average molecular weight is 686 g/mol. The van der Waals surface area contributed by atoms with Crippen LogP contribution in [0, 0.1) is 0 Å². The highest BCUT2D eigenvalue weighted by molar-refractivity contribution is 7.17. The van der Waals surface area contributed by atoms with Gasteiger partial charge in [-0.25, -0.2) is 5.43 Å². The molecule has 1 aromatic heterocycles. The van der Waals surface area contributed by atoms with Crippen LogP contribution in [0.1, 0.15) is 92.8 Å². The number of anilines is 1. The molecular formula is C35H39ClF3N5O2S. The number of nitrogens with zero attached hydrogens (tertiary/aromatic N) is 3. The molecular weight excluding hydrogens is 647 g/mol. The van der Waals surface area contributed by atoms with Crippen molar-refractivity contribution in [1.82, 2.24) is 15.2 Å². The number of halogens is 4. The van der Waals surface area contributed by atoms with E-state index in [1.54, 1.807) is 6.07 Å². The molecule has 2 aliphatic heterocycles. The lowest BCUT2D eigenvalue weighted by Gasteiger charge is -2.40. The number of carbonyl (C=O) groups is 2. The topological polar surface area (TPSA) is 77.0 Å². The molecule has 1 aliphatic carbocycles. The first kappa shape index (κ1) is 33.6. The van der Waals surface area contributed by atoms with Gasteiger partial charge in [0.2, 0.25) is 0 Å². The van der Waals surface area contributed by atoms with Crippen LogP contribution in [0.5, 0.6) is 0 Å². The van der Waals surface area contributed by atoms with Gasteiger partial charge in [-0.1, -0.05) is 36.2 Å². The van der Waals surface area contributed by atoms with Crippen molar-refractivity contribution in [2.45, 2.75) is 76.6 Å². The Labute approximate surface area is 282 Å². The summed E-state index contributed by atoms with van der Waals surface area (Å²) in [5.41, 5.74) is 4.44. The van der Waals surface area contributed by atoms with Crippen molar-refractivity contribution in [3.8, 4) is 0 Å². The molecule has 3 aromatic rings. The Morgan fingerprint density at radius 1 is 0.957 bits per heavy atom. The van der Waals surface area contributed by atoms with Crippen molar-refractivity contribution in [3.05, 3.63) is 85.7 Å². The summed E-state index contributed by atoms with van der Waals surface area (Å²) in [5, 5.41) is 6.95. The van der Waals surface area contributed by atoms with Crippen LogP contribution < -0.4 is 10.7 Å². The molecule has 7 nitrogen and oxygen atoms in total. The van der Waals surface area contributed by atoms with E-state index >= 15 is 0 Å². The number of thiophene rings is 1. The minimum atomic E-state index is -4.61. The van der Waals surface area contributed by atoms with E-state index in [4.69, 9.17) is 11.6 Å². The van der Waals surface area contributed by atoms with Gasteiger partial charge in [0.1, 0.15) is 5.00 Å². The Balaban J connectivity index is 1.11. The van der Waals surface area contributed by atoms with Crippen molar-refractivity contribution in [1.29, 1.82) is 0 Å². The second-order valence-corrected chi connectivity index (χ2v) is 14.1. The Morgan fingerprint density at radius 2 is 1.72 bits per heavy atom. The number of hydrogen-bond acceptors (Lipinski definition) is 6. The molecule has 2 amide bonds. The van der Waals surface area contributed by atoms with Crippen LogP contribution in [0.25, 0.3) is 0 Å². The smallest absolute Gasteiger partial charge is 0.313 e. The second kappa shape index (κ2) is 14.9. The van der Waals surface area contributed by atoms with Gasteiger partial charge < -0.3 is 10.2 Å². The third-order valence-electron chi connectivity index (χ3n) is 9.36. The molecule has 0 bridgehead atoms. The summed E-state index contributed by atoms with van der Waals surface area (Å²) < 4.78 is 39.8. The summed E-state index contributed by atoms with van der Waals surface area (Å²) in [6, 6.07) is 11.7. The number of likely N-dealkylation sites (tertiary alicyclic amines) is 2. The van der Waals surface area contributed by atoms with Gasteiger partial charge in [-0.15, -0.1) is 11.3 Å². The van der Waals surface area contributed by atoms with Crippen LogP contribution in [0.15, 0.2) is 47.6 Å². The minimum Gasteiger partial charge on any atom is -0.313 e. The molecule has 3 heterocycles. The zero-order chi connectivity index (χ0) is 33.0. The zero-order valence-electron chi connectivity index (χ0n) is 26.2. The summed E-state index contributed by atoms with van der Waals surface area (Å²) in [7, 11) is 0. The number of hydrazone groups is 1.